The van der Waals surface area contributed by atoms with E-state index in [1.807, 2.05) is 31.2 Å². The van der Waals surface area contributed by atoms with Gasteiger partial charge in [0.2, 0.25) is 5.91 Å². The smallest absolute Gasteiger partial charge is 0.253 e. The van der Waals surface area contributed by atoms with Gasteiger partial charge in [-0.15, -0.1) is 0 Å². The van der Waals surface area contributed by atoms with Gasteiger partial charge in [0.05, 0.1) is 13.2 Å². The van der Waals surface area contributed by atoms with Crippen molar-refractivity contribution in [2.24, 2.45) is 0 Å². The number of nitrogens with zero attached hydrogens (tertiary/aromatic N) is 1. The van der Waals surface area contributed by atoms with E-state index in [-0.39, 0.29) is 18.4 Å². The Bertz CT molecular complexity index is 758. The Morgan fingerprint density at radius 3 is 2.18 bits per heavy atom. The van der Waals surface area contributed by atoms with Crippen molar-refractivity contribution in [3.63, 3.8) is 0 Å². The molecule has 2 aromatic carbocycles. The lowest BCUT2D eigenvalue weighted by Gasteiger charge is -2.11. The minimum Gasteiger partial charge on any atom is -0.491 e. The first-order valence-corrected chi connectivity index (χ1v) is 9.15. The van der Waals surface area contributed by atoms with Crippen molar-refractivity contribution in [3.8, 4) is 5.75 Å². The monoisotopic (exact) mass is 385 g/mol. The Balaban J connectivity index is 1.77. The van der Waals surface area contributed by atoms with Crippen molar-refractivity contribution in [1.29, 1.82) is 0 Å². The van der Waals surface area contributed by atoms with Gasteiger partial charge in [0.1, 0.15) is 12.4 Å². The highest BCUT2D eigenvalue weighted by molar-refractivity contribution is 5.96. The molecule has 0 aliphatic carbocycles. The van der Waals surface area contributed by atoms with Crippen LogP contribution >= 0.6 is 0 Å². The number of hydrogen-bond acceptors (Lipinski definition) is 5. The van der Waals surface area contributed by atoms with E-state index in [9.17, 15) is 9.59 Å². The highest BCUT2D eigenvalue weighted by Gasteiger charge is 2.08. The lowest BCUT2D eigenvalue weighted by atomic mass is 10.2. The van der Waals surface area contributed by atoms with Crippen LogP contribution in [0.2, 0.25) is 0 Å². The molecule has 28 heavy (non-hydrogen) atoms. The van der Waals surface area contributed by atoms with E-state index < -0.39 is 0 Å². The van der Waals surface area contributed by atoms with Gasteiger partial charge in [0, 0.05) is 37.6 Å². The average Bonchev–Trinajstić information content (AvgIpc) is 2.70. The molecule has 0 saturated carbocycles. The normalized spacial score (nSPS) is 10.2. The van der Waals surface area contributed by atoms with Crippen LogP contribution < -0.4 is 15.4 Å². The van der Waals surface area contributed by atoms with Gasteiger partial charge in [0.25, 0.3) is 5.91 Å². The van der Waals surface area contributed by atoms with Gasteiger partial charge in [-0.3, -0.25) is 9.59 Å². The van der Waals surface area contributed by atoms with E-state index in [1.165, 1.54) is 4.90 Å². The largest absolute Gasteiger partial charge is 0.491 e. The van der Waals surface area contributed by atoms with Crippen LogP contribution in [-0.2, 0) is 9.53 Å². The Morgan fingerprint density at radius 2 is 1.57 bits per heavy atom. The molecule has 0 saturated heterocycles. The lowest BCUT2D eigenvalue weighted by Crippen LogP contribution is -2.22. The van der Waals surface area contributed by atoms with E-state index in [0.29, 0.717) is 31.1 Å². The molecule has 0 heterocycles. The highest BCUT2D eigenvalue weighted by atomic mass is 16.5. The number of ether oxygens (including phenoxy) is 2. The van der Waals surface area contributed by atoms with E-state index in [0.717, 1.165) is 11.4 Å². The van der Waals surface area contributed by atoms with Gasteiger partial charge < -0.3 is 25.0 Å². The summed E-state index contributed by atoms with van der Waals surface area (Å²) < 4.78 is 10.8. The molecule has 2 amide bonds. The Morgan fingerprint density at radius 1 is 0.929 bits per heavy atom. The Kier molecular flexibility index (Phi) is 8.30. The second kappa shape index (κ2) is 10.9. The van der Waals surface area contributed by atoms with Gasteiger partial charge in [-0.1, -0.05) is 0 Å². The van der Waals surface area contributed by atoms with Crippen LogP contribution in [-0.4, -0.2) is 57.2 Å². The second-order valence-corrected chi connectivity index (χ2v) is 6.25. The van der Waals surface area contributed by atoms with Crippen molar-refractivity contribution in [1.82, 2.24) is 4.90 Å². The summed E-state index contributed by atoms with van der Waals surface area (Å²) in [6, 6.07) is 14.2. The van der Waals surface area contributed by atoms with E-state index in [1.54, 1.807) is 38.4 Å². The minimum atomic E-state index is -0.177. The third-order valence-electron chi connectivity index (χ3n) is 3.83. The molecule has 7 heteroatoms. The molecule has 0 aromatic heterocycles. The molecule has 7 nitrogen and oxygen atoms in total. The molecule has 2 N–H and O–H groups in total. The Hall–Kier alpha value is -3.06. The number of anilines is 2. The number of benzene rings is 2. The van der Waals surface area contributed by atoms with Crippen LogP contribution in [0.5, 0.6) is 5.75 Å². The molecule has 2 rings (SSSR count). The summed E-state index contributed by atoms with van der Waals surface area (Å²) >= 11 is 0. The average molecular weight is 385 g/mol. The number of amides is 2. The maximum Gasteiger partial charge on any atom is 0.253 e. The number of carbonyl (C=O) groups excluding carboxylic acids is 2. The van der Waals surface area contributed by atoms with Gasteiger partial charge in [0.15, 0.2) is 0 Å². The summed E-state index contributed by atoms with van der Waals surface area (Å²) in [4.78, 5) is 25.5. The SMILES string of the molecule is CCOCCOc1ccc(NCC(=O)Nc2ccc(C(=O)N(C)C)cc2)cc1. The molecule has 0 aliphatic heterocycles. The van der Waals surface area contributed by atoms with Crippen LogP contribution in [0, 0.1) is 0 Å². The predicted octanol–water partition coefficient (Wildman–Crippen LogP) is 2.85. The standard InChI is InChI=1S/C21H27N3O4/c1-4-27-13-14-28-19-11-9-17(10-12-19)22-15-20(25)23-18-7-5-16(6-8-18)21(26)24(2)3/h5-12,22H,4,13-15H2,1-3H3,(H,23,25). The van der Waals surface area contributed by atoms with Crippen molar-refractivity contribution in [3.05, 3.63) is 54.1 Å². The molecule has 0 atom stereocenters. The van der Waals surface area contributed by atoms with Crippen molar-refractivity contribution < 1.29 is 19.1 Å². The summed E-state index contributed by atoms with van der Waals surface area (Å²) in [5.41, 5.74) is 2.03. The zero-order chi connectivity index (χ0) is 20.4. The molecule has 0 unspecified atom stereocenters. The van der Waals surface area contributed by atoms with Crippen molar-refractivity contribution in [2.75, 3.05) is 51.1 Å². The summed E-state index contributed by atoms with van der Waals surface area (Å²) in [6.07, 6.45) is 0. The molecule has 0 radical (unpaired) electrons. The number of hydrogen-bond donors (Lipinski definition) is 2. The third-order valence-corrected chi connectivity index (χ3v) is 3.83. The molecule has 150 valence electrons. The predicted molar refractivity (Wildman–Crippen MR) is 110 cm³/mol. The zero-order valence-electron chi connectivity index (χ0n) is 16.5. The summed E-state index contributed by atoms with van der Waals surface area (Å²) in [5.74, 6) is 0.496. The van der Waals surface area contributed by atoms with Gasteiger partial charge in [-0.05, 0) is 55.5 Å². The fraction of sp³-hybridized carbons (Fsp3) is 0.333. The fourth-order valence-electron chi connectivity index (χ4n) is 2.37. The van der Waals surface area contributed by atoms with Gasteiger partial charge in [-0.2, -0.15) is 0 Å². The van der Waals surface area contributed by atoms with E-state index >= 15 is 0 Å². The fourth-order valence-corrected chi connectivity index (χ4v) is 2.37. The lowest BCUT2D eigenvalue weighted by molar-refractivity contribution is -0.114. The second-order valence-electron chi connectivity index (χ2n) is 6.25. The molecule has 0 bridgehead atoms. The van der Waals surface area contributed by atoms with Crippen LogP contribution in [0.15, 0.2) is 48.5 Å². The molecule has 2 aromatic rings. The van der Waals surface area contributed by atoms with Crippen molar-refractivity contribution in [2.45, 2.75) is 6.92 Å². The number of rotatable bonds is 10. The zero-order valence-corrected chi connectivity index (χ0v) is 16.5. The minimum absolute atomic E-state index is 0.0788. The van der Waals surface area contributed by atoms with Gasteiger partial charge in [-0.25, -0.2) is 0 Å². The maximum atomic E-state index is 12.1. The molecule has 0 aliphatic rings. The van der Waals surface area contributed by atoms with E-state index in [4.69, 9.17) is 9.47 Å². The molecule has 0 spiro atoms. The first kappa shape index (κ1) is 21.2. The molecule has 0 fully saturated rings. The Labute approximate surface area is 165 Å². The van der Waals surface area contributed by atoms with Gasteiger partial charge >= 0.3 is 0 Å². The van der Waals surface area contributed by atoms with E-state index in [2.05, 4.69) is 10.6 Å². The summed E-state index contributed by atoms with van der Waals surface area (Å²) in [5, 5.41) is 5.85. The quantitative estimate of drug-likeness (QED) is 0.615. The molecular weight excluding hydrogens is 358 g/mol. The summed E-state index contributed by atoms with van der Waals surface area (Å²) in [7, 11) is 3.40. The van der Waals surface area contributed by atoms with Crippen LogP contribution in [0.4, 0.5) is 11.4 Å². The highest BCUT2D eigenvalue weighted by Crippen LogP contribution is 2.16. The third kappa shape index (κ3) is 6.92. The van der Waals surface area contributed by atoms with Crippen molar-refractivity contribution >= 4 is 23.2 Å². The first-order valence-electron chi connectivity index (χ1n) is 9.15. The number of carbonyl (C=O) groups is 2. The maximum absolute atomic E-state index is 12.1. The first-order chi connectivity index (χ1) is 13.5. The molecular formula is C21H27N3O4. The topological polar surface area (TPSA) is 79.9 Å². The summed E-state index contributed by atoms with van der Waals surface area (Å²) in [6.45, 7) is 3.80. The van der Waals surface area contributed by atoms with Crippen LogP contribution in [0.1, 0.15) is 17.3 Å². The van der Waals surface area contributed by atoms with Crippen LogP contribution in [0.25, 0.3) is 0 Å². The number of nitrogens with one attached hydrogen (secondary N) is 2. The van der Waals surface area contributed by atoms with Crippen LogP contribution in [0.3, 0.4) is 0 Å².